The molecule has 0 saturated carbocycles. The maximum Gasteiger partial charge on any atom is 0.419 e. The summed E-state index contributed by atoms with van der Waals surface area (Å²) in [6.07, 6.45) is -2.29. The normalized spacial score (nSPS) is 13.3. The second-order valence-corrected chi connectivity index (χ2v) is 8.54. The molecular formula is C20H22F3N3OS. The first-order valence-electron chi connectivity index (χ1n) is 9.07. The number of alkyl halides is 3. The summed E-state index contributed by atoms with van der Waals surface area (Å²) in [4.78, 5) is 13.3. The molecule has 0 amide bonds. The quantitative estimate of drug-likeness (QED) is 0.490. The van der Waals surface area contributed by atoms with E-state index in [0.29, 0.717) is 27.5 Å². The van der Waals surface area contributed by atoms with Crippen molar-refractivity contribution in [1.82, 2.24) is 15.0 Å². The lowest BCUT2D eigenvalue weighted by Crippen LogP contribution is -2.14. The largest absolute Gasteiger partial charge is 0.493 e. The fourth-order valence-corrected chi connectivity index (χ4v) is 3.95. The van der Waals surface area contributed by atoms with E-state index in [1.807, 2.05) is 13.8 Å². The van der Waals surface area contributed by atoms with Crippen LogP contribution < -0.4 is 4.74 Å². The van der Waals surface area contributed by atoms with Crippen molar-refractivity contribution in [3.63, 3.8) is 0 Å². The van der Waals surface area contributed by atoms with E-state index < -0.39 is 11.7 Å². The Morgan fingerprint density at radius 1 is 1.14 bits per heavy atom. The minimum atomic E-state index is -4.53. The monoisotopic (exact) mass is 409 g/mol. The fraction of sp³-hybridized carbons (Fsp3) is 0.450. The van der Waals surface area contributed by atoms with Crippen molar-refractivity contribution in [3.8, 4) is 17.0 Å². The molecule has 1 atom stereocenters. The molecule has 0 saturated heterocycles. The summed E-state index contributed by atoms with van der Waals surface area (Å²) in [6, 6.07) is 4.04. The van der Waals surface area contributed by atoms with Gasteiger partial charge in [-0.05, 0) is 43.4 Å². The van der Waals surface area contributed by atoms with Gasteiger partial charge in [0.25, 0.3) is 0 Å². The van der Waals surface area contributed by atoms with Crippen molar-refractivity contribution in [2.45, 2.75) is 40.3 Å². The minimum Gasteiger partial charge on any atom is -0.493 e. The third-order valence-electron chi connectivity index (χ3n) is 4.26. The Morgan fingerprint density at radius 3 is 2.57 bits per heavy atom. The average Bonchev–Trinajstić information content (AvgIpc) is 2.98. The zero-order valence-electron chi connectivity index (χ0n) is 16.2. The first-order valence-corrected chi connectivity index (χ1v) is 9.89. The van der Waals surface area contributed by atoms with E-state index in [2.05, 4.69) is 28.8 Å². The summed E-state index contributed by atoms with van der Waals surface area (Å²) in [6.45, 7) is 8.20. The predicted molar refractivity (Wildman–Crippen MR) is 104 cm³/mol. The SMILES string of the molecule is Cc1nc2c(-c3ccc(OC[C@H](C)CC(C)C)c(C(F)(F)F)c3)ncnc2s1. The molecule has 2 aromatic heterocycles. The second-order valence-electron chi connectivity index (χ2n) is 7.36. The van der Waals surface area contributed by atoms with Gasteiger partial charge in [-0.1, -0.05) is 32.1 Å². The molecule has 0 unspecified atom stereocenters. The average molecular weight is 409 g/mol. The number of thiazole rings is 1. The maximum atomic E-state index is 13.7. The van der Waals surface area contributed by atoms with E-state index in [9.17, 15) is 13.2 Å². The van der Waals surface area contributed by atoms with Crippen LogP contribution in [0.25, 0.3) is 21.6 Å². The number of rotatable bonds is 6. The standard InChI is InChI=1S/C20H22F3N3OS/c1-11(2)7-12(3)9-27-16-6-5-14(8-15(16)20(21,22)23)17-18-19(25-10-24-17)28-13(4)26-18/h5-6,8,10-12H,7,9H2,1-4H3/t12-/m1/s1. The number of halogens is 3. The highest BCUT2D eigenvalue weighted by molar-refractivity contribution is 7.18. The predicted octanol–water partition coefficient (Wildman–Crippen LogP) is 6.14. The molecule has 1 aromatic carbocycles. The molecule has 3 rings (SSSR count). The number of hydrogen-bond donors (Lipinski definition) is 0. The lowest BCUT2D eigenvalue weighted by molar-refractivity contribution is -0.139. The molecule has 150 valence electrons. The number of aryl methyl sites for hydroxylation is 1. The van der Waals surface area contributed by atoms with Crippen LogP contribution in [-0.4, -0.2) is 21.6 Å². The third-order valence-corrected chi connectivity index (χ3v) is 5.14. The topological polar surface area (TPSA) is 47.9 Å². The highest BCUT2D eigenvalue weighted by atomic mass is 32.1. The zero-order valence-corrected chi connectivity index (χ0v) is 17.0. The van der Waals surface area contributed by atoms with Gasteiger partial charge in [0.2, 0.25) is 0 Å². The molecule has 0 fully saturated rings. The van der Waals surface area contributed by atoms with Gasteiger partial charge in [0, 0.05) is 5.56 Å². The van der Waals surface area contributed by atoms with Gasteiger partial charge >= 0.3 is 6.18 Å². The van der Waals surface area contributed by atoms with Crippen LogP contribution in [0, 0.1) is 18.8 Å². The van der Waals surface area contributed by atoms with E-state index in [1.54, 1.807) is 6.07 Å². The van der Waals surface area contributed by atoms with Crippen molar-refractivity contribution in [3.05, 3.63) is 35.1 Å². The van der Waals surface area contributed by atoms with Gasteiger partial charge in [-0.25, -0.2) is 15.0 Å². The summed E-state index contributed by atoms with van der Waals surface area (Å²) < 4.78 is 46.6. The Bertz CT molecular complexity index is 969. The molecule has 0 bridgehead atoms. The van der Waals surface area contributed by atoms with Gasteiger partial charge in [-0.3, -0.25) is 0 Å². The molecule has 0 radical (unpaired) electrons. The number of nitrogens with zero attached hydrogens (tertiary/aromatic N) is 3. The number of benzene rings is 1. The lowest BCUT2D eigenvalue weighted by atomic mass is 10.00. The number of aromatic nitrogens is 3. The Balaban J connectivity index is 1.97. The Kier molecular flexibility index (Phi) is 5.88. The number of ether oxygens (including phenoxy) is 1. The van der Waals surface area contributed by atoms with Crippen molar-refractivity contribution in [2.75, 3.05) is 6.61 Å². The molecule has 0 aliphatic heterocycles. The highest BCUT2D eigenvalue weighted by Gasteiger charge is 2.35. The van der Waals surface area contributed by atoms with Crippen molar-refractivity contribution in [1.29, 1.82) is 0 Å². The molecule has 3 aromatic rings. The van der Waals surface area contributed by atoms with E-state index in [-0.39, 0.29) is 18.3 Å². The molecule has 0 aliphatic carbocycles. The smallest absolute Gasteiger partial charge is 0.419 e. The van der Waals surface area contributed by atoms with E-state index in [4.69, 9.17) is 4.74 Å². The molecule has 0 N–H and O–H groups in total. The first-order chi connectivity index (χ1) is 13.1. The second kappa shape index (κ2) is 8.03. The van der Waals surface area contributed by atoms with E-state index in [1.165, 1.54) is 23.7 Å². The third kappa shape index (κ3) is 4.60. The fourth-order valence-electron chi connectivity index (χ4n) is 3.20. The van der Waals surface area contributed by atoms with Gasteiger partial charge in [0.1, 0.15) is 28.1 Å². The molecular weight excluding hydrogens is 387 g/mol. The van der Waals surface area contributed by atoms with Crippen LogP contribution in [-0.2, 0) is 6.18 Å². The van der Waals surface area contributed by atoms with Crippen molar-refractivity contribution < 1.29 is 17.9 Å². The molecule has 8 heteroatoms. The van der Waals surface area contributed by atoms with Crippen LogP contribution in [0.3, 0.4) is 0 Å². The number of fused-ring (bicyclic) bond motifs is 1. The summed E-state index contributed by atoms with van der Waals surface area (Å²) in [7, 11) is 0. The Morgan fingerprint density at radius 2 is 1.89 bits per heavy atom. The van der Waals surface area contributed by atoms with Crippen LogP contribution in [0.5, 0.6) is 5.75 Å². The van der Waals surface area contributed by atoms with Gasteiger partial charge in [0.15, 0.2) is 0 Å². The summed E-state index contributed by atoms with van der Waals surface area (Å²) in [5, 5.41) is 0.784. The maximum absolute atomic E-state index is 13.7. The van der Waals surface area contributed by atoms with Gasteiger partial charge in [0.05, 0.1) is 17.2 Å². The Hall–Kier alpha value is -2.22. The van der Waals surface area contributed by atoms with E-state index >= 15 is 0 Å². The summed E-state index contributed by atoms with van der Waals surface area (Å²) >= 11 is 1.38. The lowest BCUT2D eigenvalue weighted by Gasteiger charge is -2.19. The van der Waals surface area contributed by atoms with Crippen LogP contribution in [0.15, 0.2) is 24.5 Å². The Labute approximate surface area is 165 Å². The van der Waals surface area contributed by atoms with Crippen molar-refractivity contribution in [2.24, 2.45) is 11.8 Å². The van der Waals surface area contributed by atoms with Gasteiger partial charge < -0.3 is 4.74 Å². The summed E-state index contributed by atoms with van der Waals surface area (Å²) in [5.41, 5.74) is 0.435. The van der Waals surface area contributed by atoms with E-state index in [0.717, 1.165) is 17.5 Å². The van der Waals surface area contributed by atoms with Crippen LogP contribution in [0.2, 0.25) is 0 Å². The van der Waals surface area contributed by atoms with Crippen LogP contribution >= 0.6 is 11.3 Å². The summed E-state index contributed by atoms with van der Waals surface area (Å²) in [5.74, 6) is 0.469. The van der Waals surface area contributed by atoms with Crippen LogP contribution in [0.4, 0.5) is 13.2 Å². The molecule has 0 aliphatic rings. The van der Waals surface area contributed by atoms with Gasteiger partial charge in [-0.15, -0.1) is 0 Å². The zero-order chi connectivity index (χ0) is 20.5. The molecule has 2 heterocycles. The first kappa shape index (κ1) is 20.5. The van der Waals surface area contributed by atoms with Crippen molar-refractivity contribution >= 4 is 21.7 Å². The molecule has 4 nitrogen and oxygen atoms in total. The highest BCUT2D eigenvalue weighted by Crippen LogP contribution is 2.40. The number of hydrogen-bond acceptors (Lipinski definition) is 5. The van der Waals surface area contributed by atoms with Crippen LogP contribution in [0.1, 0.15) is 37.8 Å². The van der Waals surface area contributed by atoms with Gasteiger partial charge in [-0.2, -0.15) is 13.2 Å². The molecule has 28 heavy (non-hydrogen) atoms. The minimum absolute atomic E-state index is 0.161. The molecule has 0 spiro atoms.